The van der Waals surface area contributed by atoms with Gasteiger partial charge in [-0.25, -0.2) is 13.4 Å². The monoisotopic (exact) mass is 362 g/mol. The number of anilines is 1. The second-order valence-electron chi connectivity index (χ2n) is 5.16. The maximum Gasteiger partial charge on any atom is 0.246 e. The summed E-state index contributed by atoms with van der Waals surface area (Å²) in [5, 5.41) is 0. The van der Waals surface area contributed by atoms with Crippen molar-refractivity contribution in [1.82, 2.24) is 14.2 Å². The molecular weight excluding hydrogens is 344 g/mol. The van der Waals surface area contributed by atoms with Gasteiger partial charge in [-0.3, -0.25) is 0 Å². The molecule has 1 aliphatic rings. The zero-order valence-corrected chi connectivity index (χ0v) is 14.0. The summed E-state index contributed by atoms with van der Waals surface area (Å²) < 4.78 is 27.5. The van der Waals surface area contributed by atoms with Crippen molar-refractivity contribution < 1.29 is 8.42 Å². The van der Waals surface area contributed by atoms with Crippen molar-refractivity contribution in [3.63, 3.8) is 0 Å². The second-order valence-corrected chi connectivity index (χ2v) is 7.98. The molecule has 2 heterocycles. The molecule has 0 bridgehead atoms. The molecule has 1 aliphatic heterocycles. The summed E-state index contributed by atoms with van der Waals surface area (Å²) in [5.41, 5.74) is 5.73. The van der Waals surface area contributed by atoms with E-state index in [0.29, 0.717) is 17.6 Å². The number of hydrogen-bond donors (Lipinski definition) is 1. The molecule has 2 N–H and O–H groups in total. The number of nitrogen functional groups attached to an aromatic ring is 1. The highest BCUT2D eigenvalue weighted by molar-refractivity contribution is 9.10. The molecule has 0 spiro atoms. The van der Waals surface area contributed by atoms with E-state index in [1.165, 1.54) is 16.6 Å². The maximum absolute atomic E-state index is 12.7. The Morgan fingerprint density at radius 2 is 2.20 bits per heavy atom. The summed E-state index contributed by atoms with van der Waals surface area (Å²) in [5.74, 6) is 0.0418. The van der Waals surface area contributed by atoms with Gasteiger partial charge in [-0.05, 0) is 48.9 Å². The van der Waals surface area contributed by atoms with E-state index >= 15 is 0 Å². The lowest BCUT2D eigenvalue weighted by Gasteiger charge is -2.35. The van der Waals surface area contributed by atoms with Crippen molar-refractivity contribution in [1.29, 1.82) is 0 Å². The number of pyridine rings is 1. The van der Waals surface area contributed by atoms with Crippen molar-refractivity contribution in [2.75, 3.05) is 32.9 Å². The molecule has 2 rings (SSSR count). The predicted octanol–water partition coefficient (Wildman–Crippen LogP) is 1.14. The molecule has 0 aliphatic carbocycles. The fourth-order valence-electron chi connectivity index (χ4n) is 2.34. The van der Waals surface area contributed by atoms with Crippen molar-refractivity contribution in [3.05, 3.63) is 16.7 Å². The number of halogens is 1. The quantitative estimate of drug-likeness (QED) is 0.871. The molecule has 8 heteroatoms. The number of aromatic nitrogens is 1. The lowest BCUT2D eigenvalue weighted by molar-refractivity contribution is 0.190. The van der Waals surface area contributed by atoms with E-state index in [2.05, 4.69) is 25.8 Å². The maximum atomic E-state index is 12.7. The SMILES string of the molecule is CN(C)C1CCCN(S(=O)(=O)c2cc(Br)cnc2N)C1. The Bertz CT molecular complexity index is 591. The molecule has 1 saturated heterocycles. The Morgan fingerprint density at radius 3 is 2.85 bits per heavy atom. The second kappa shape index (κ2) is 5.97. The number of piperidine rings is 1. The average Bonchev–Trinajstić information content (AvgIpc) is 2.41. The summed E-state index contributed by atoms with van der Waals surface area (Å²) >= 11 is 3.24. The minimum Gasteiger partial charge on any atom is -0.383 e. The smallest absolute Gasteiger partial charge is 0.246 e. The van der Waals surface area contributed by atoms with Gasteiger partial charge in [0.25, 0.3) is 0 Å². The number of rotatable bonds is 3. The van der Waals surface area contributed by atoms with E-state index in [0.717, 1.165) is 12.8 Å². The third kappa shape index (κ3) is 3.13. The largest absolute Gasteiger partial charge is 0.383 e. The molecule has 6 nitrogen and oxygen atoms in total. The average molecular weight is 363 g/mol. The Labute approximate surface area is 128 Å². The van der Waals surface area contributed by atoms with Crippen LogP contribution >= 0.6 is 15.9 Å². The first kappa shape index (κ1) is 15.7. The molecule has 0 amide bonds. The van der Waals surface area contributed by atoms with Gasteiger partial charge in [0.2, 0.25) is 10.0 Å². The predicted molar refractivity (Wildman–Crippen MR) is 81.8 cm³/mol. The minimum absolute atomic E-state index is 0.0418. The molecular formula is C12H19BrN4O2S. The topological polar surface area (TPSA) is 79.5 Å². The van der Waals surface area contributed by atoms with E-state index in [4.69, 9.17) is 5.73 Å². The van der Waals surface area contributed by atoms with E-state index in [1.807, 2.05) is 14.1 Å². The normalized spacial score (nSPS) is 21.3. The number of nitrogens with zero attached hydrogens (tertiary/aromatic N) is 3. The Morgan fingerprint density at radius 1 is 1.50 bits per heavy atom. The van der Waals surface area contributed by atoms with Crippen LogP contribution in [0.1, 0.15) is 12.8 Å². The molecule has 1 fully saturated rings. The van der Waals surface area contributed by atoms with Gasteiger partial charge in [0.15, 0.2) is 0 Å². The number of sulfonamides is 1. The molecule has 1 aromatic heterocycles. The molecule has 20 heavy (non-hydrogen) atoms. The number of likely N-dealkylation sites (N-methyl/N-ethyl adjacent to an activating group) is 1. The van der Waals surface area contributed by atoms with Gasteiger partial charge < -0.3 is 10.6 Å². The molecule has 0 radical (unpaired) electrons. The molecule has 112 valence electrons. The third-order valence-electron chi connectivity index (χ3n) is 3.56. The molecule has 0 saturated carbocycles. The van der Waals surface area contributed by atoms with Gasteiger partial charge in [-0.1, -0.05) is 0 Å². The summed E-state index contributed by atoms with van der Waals surface area (Å²) in [4.78, 5) is 6.04. The van der Waals surface area contributed by atoms with Gasteiger partial charge in [0.1, 0.15) is 10.7 Å². The van der Waals surface area contributed by atoms with Crippen LogP contribution in [0.25, 0.3) is 0 Å². The Balaban J connectivity index is 2.32. The van der Waals surface area contributed by atoms with Gasteiger partial charge in [0.05, 0.1) is 0 Å². The summed E-state index contributed by atoms with van der Waals surface area (Å²) in [6.45, 7) is 1.01. The van der Waals surface area contributed by atoms with E-state index < -0.39 is 10.0 Å². The molecule has 1 unspecified atom stereocenters. The van der Waals surface area contributed by atoms with Gasteiger partial charge >= 0.3 is 0 Å². The van der Waals surface area contributed by atoms with E-state index in [9.17, 15) is 8.42 Å². The Kier molecular flexibility index (Phi) is 4.68. The third-order valence-corrected chi connectivity index (χ3v) is 5.88. The lowest BCUT2D eigenvalue weighted by Crippen LogP contribution is -2.47. The van der Waals surface area contributed by atoms with Crippen LogP contribution in [-0.4, -0.2) is 55.8 Å². The zero-order valence-electron chi connectivity index (χ0n) is 11.6. The molecule has 1 atom stereocenters. The van der Waals surface area contributed by atoms with E-state index in [-0.39, 0.29) is 16.8 Å². The number of nitrogens with two attached hydrogens (primary N) is 1. The summed E-state index contributed by atoms with van der Waals surface area (Å²) in [6, 6.07) is 1.75. The van der Waals surface area contributed by atoms with Crippen molar-refractivity contribution in [3.8, 4) is 0 Å². The minimum atomic E-state index is -3.59. The van der Waals surface area contributed by atoms with Gasteiger partial charge in [0, 0.05) is 29.8 Å². The lowest BCUT2D eigenvalue weighted by atomic mass is 10.1. The fraction of sp³-hybridized carbons (Fsp3) is 0.583. The highest BCUT2D eigenvalue weighted by atomic mass is 79.9. The van der Waals surface area contributed by atoms with Crippen molar-refractivity contribution in [2.45, 2.75) is 23.8 Å². The van der Waals surface area contributed by atoms with Crippen LogP contribution in [0, 0.1) is 0 Å². The van der Waals surface area contributed by atoms with Crippen LogP contribution in [0.2, 0.25) is 0 Å². The van der Waals surface area contributed by atoms with Crippen LogP contribution < -0.4 is 5.73 Å². The Hall–Kier alpha value is -0.700. The fourth-order valence-corrected chi connectivity index (χ4v) is 4.43. The standard InChI is InChI=1S/C12H19BrN4O2S/c1-16(2)10-4-3-5-17(8-10)20(18,19)11-6-9(13)7-15-12(11)14/h6-7,10H,3-5,8H2,1-2H3,(H2,14,15). The first-order valence-corrected chi connectivity index (χ1v) is 8.63. The van der Waals surface area contributed by atoms with E-state index in [1.54, 1.807) is 0 Å². The van der Waals surface area contributed by atoms with Crippen LogP contribution in [-0.2, 0) is 10.0 Å². The summed E-state index contributed by atoms with van der Waals surface area (Å²) in [7, 11) is 0.344. The summed E-state index contributed by atoms with van der Waals surface area (Å²) in [6.07, 6.45) is 3.35. The van der Waals surface area contributed by atoms with Crippen LogP contribution in [0.5, 0.6) is 0 Å². The van der Waals surface area contributed by atoms with Crippen molar-refractivity contribution >= 4 is 31.8 Å². The number of hydrogen-bond acceptors (Lipinski definition) is 5. The van der Waals surface area contributed by atoms with Crippen LogP contribution in [0.15, 0.2) is 21.6 Å². The van der Waals surface area contributed by atoms with Gasteiger partial charge in [-0.15, -0.1) is 0 Å². The van der Waals surface area contributed by atoms with Gasteiger partial charge in [-0.2, -0.15) is 4.31 Å². The highest BCUT2D eigenvalue weighted by Crippen LogP contribution is 2.27. The van der Waals surface area contributed by atoms with Crippen molar-refractivity contribution in [2.24, 2.45) is 0 Å². The zero-order chi connectivity index (χ0) is 14.9. The van der Waals surface area contributed by atoms with Crippen LogP contribution in [0.4, 0.5) is 5.82 Å². The molecule has 1 aromatic rings. The molecule has 0 aromatic carbocycles. The van der Waals surface area contributed by atoms with Crippen LogP contribution in [0.3, 0.4) is 0 Å². The first-order chi connectivity index (χ1) is 9.32. The first-order valence-electron chi connectivity index (χ1n) is 6.40. The highest BCUT2D eigenvalue weighted by Gasteiger charge is 2.32.